The normalized spacial score (nSPS) is 14.1. The van der Waals surface area contributed by atoms with Crippen LogP contribution in [-0.4, -0.2) is 50.9 Å². The van der Waals surface area contributed by atoms with Gasteiger partial charge in [-0.15, -0.1) is 0 Å². The highest BCUT2D eigenvalue weighted by atomic mass is 16.5. The first-order valence-corrected chi connectivity index (χ1v) is 15.6. The third-order valence-electron chi connectivity index (χ3n) is 8.08. The number of hydrogen-bond donors (Lipinski definition) is 0. The van der Waals surface area contributed by atoms with Gasteiger partial charge >= 0.3 is 12.0 Å². The Morgan fingerprint density at radius 3 is 2.11 bits per heavy atom. The van der Waals surface area contributed by atoms with E-state index in [-0.39, 0.29) is 24.5 Å². The first-order chi connectivity index (χ1) is 21.9. The lowest BCUT2D eigenvalue weighted by molar-refractivity contribution is -0.123. The molecule has 8 heteroatoms. The molecule has 2 heterocycles. The van der Waals surface area contributed by atoms with E-state index in [1.165, 1.54) is 12.0 Å². The van der Waals surface area contributed by atoms with Crippen LogP contribution in [0.5, 0.6) is 0 Å². The summed E-state index contributed by atoms with van der Waals surface area (Å²) in [4.78, 5) is 47.1. The Hall–Kier alpha value is -4.98. The van der Waals surface area contributed by atoms with E-state index in [0.717, 1.165) is 65.9 Å². The molecule has 1 aliphatic heterocycles. The summed E-state index contributed by atoms with van der Waals surface area (Å²) in [7, 11) is 1.36. The van der Waals surface area contributed by atoms with Crippen LogP contribution in [0, 0.1) is 0 Å². The molecule has 5 rings (SSSR count). The van der Waals surface area contributed by atoms with Gasteiger partial charge in [0.15, 0.2) is 0 Å². The van der Waals surface area contributed by atoms with Gasteiger partial charge < -0.3 is 9.30 Å². The number of unbranched alkanes of at least 4 members (excludes halogenated alkanes) is 2. The zero-order valence-corrected chi connectivity index (χ0v) is 26.2. The molecule has 0 unspecified atom stereocenters. The van der Waals surface area contributed by atoms with Crippen molar-refractivity contribution >= 4 is 24.0 Å². The van der Waals surface area contributed by atoms with E-state index in [4.69, 9.17) is 9.72 Å². The number of carbonyl (C=O) groups is 3. The van der Waals surface area contributed by atoms with Gasteiger partial charge in [0.25, 0.3) is 5.91 Å². The molecule has 3 aromatic carbocycles. The average molecular weight is 605 g/mol. The Morgan fingerprint density at radius 1 is 0.800 bits per heavy atom. The summed E-state index contributed by atoms with van der Waals surface area (Å²) in [6.45, 7) is 5.34. The maximum Gasteiger partial charge on any atom is 0.337 e. The first kappa shape index (κ1) is 31.4. The number of nitrogens with zero attached hydrogens (tertiary/aromatic N) is 4. The van der Waals surface area contributed by atoms with Crippen LogP contribution < -0.4 is 0 Å². The molecule has 1 aromatic heterocycles. The van der Waals surface area contributed by atoms with Crippen molar-refractivity contribution in [1.29, 1.82) is 0 Å². The molecule has 0 atom stereocenters. The van der Waals surface area contributed by atoms with Crippen molar-refractivity contribution in [3.8, 4) is 11.1 Å². The fourth-order valence-corrected chi connectivity index (χ4v) is 5.46. The number of esters is 1. The number of carbonyl (C=O) groups excluding carboxylic acids is 3. The van der Waals surface area contributed by atoms with Crippen molar-refractivity contribution in [3.63, 3.8) is 0 Å². The Balaban J connectivity index is 1.48. The summed E-state index contributed by atoms with van der Waals surface area (Å²) in [6.07, 6.45) is 7.97. The van der Waals surface area contributed by atoms with Crippen LogP contribution in [0.1, 0.15) is 72.5 Å². The highest BCUT2D eigenvalue weighted by Gasteiger charge is 2.40. The number of hydrogen-bond acceptors (Lipinski definition) is 5. The Labute approximate surface area is 265 Å². The van der Waals surface area contributed by atoms with Crippen LogP contribution in [0.3, 0.4) is 0 Å². The molecule has 1 saturated heterocycles. The van der Waals surface area contributed by atoms with Crippen molar-refractivity contribution in [2.24, 2.45) is 0 Å². The lowest BCUT2D eigenvalue weighted by atomic mass is 10.0. The summed E-state index contributed by atoms with van der Waals surface area (Å²) in [5.74, 6) is 0.230. The second-order valence-electron chi connectivity index (χ2n) is 11.2. The molecule has 0 bridgehead atoms. The van der Waals surface area contributed by atoms with Crippen molar-refractivity contribution in [1.82, 2.24) is 19.4 Å². The smallest absolute Gasteiger partial charge is 0.337 e. The van der Waals surface area contributed by atoms with Crippen LogP contribution in [-0.2, 0) is 29.0 Å². The van der Waals surface area contributed by atoms with Gasteiger partial charge in [0.05, 0.1) is 31.1 Å². The van der Waals surface area contributed by atoms with Gasteiger partial charge in [-0.3, -0.25) is 14.6 Å². The van der Waals surface area contributed by atoms with Crippen LogP contribution in [0.25, 0.3) is 17.2 Å². The number of urea groups is 1. The zero-order chi connectivity index (χ0) is 31.8. The van der Waals surface area contributed by atoms with Gasteiger partial charge in [0, 0.05) is 19.5 Å². The fraction of sp³-hybridized carbons (Fsp3) is 0.297. The lowest BCUT2D eigenvalue weighted by Crippen LogP contribution is -2.33. The minimum atomic E-state index is -0.384. The van der Waals surface area contributed by atoms with Crippen molar-refractivity contribution in [2.75, 3.05) is 13.7 Å². The van der Waals surface area contributed by atoms with Crippen molar-refractivity contribution in [3.05, 3.63) is 119 Å². The monoisotopic (exact) mass is 604 g/mol. The van der Waals surface area contributed by atoms with Crippen LogP contribution >= 0.6 is 0 Å². The Morgan fingerprint density at radius 2 is 1.44 bits per heavy atom. The van der Waals surface area contributed by atoms with E-state index < -0.39 is 0 Å². The van der Waals surface area contributed by atoms with Gasteiger partial charge in [-0.05, 0) is 53.3 Å². The quantitative estimate of drug-likeness (QED) is 0.0906. The highest BCUT2D eigenvalue weighted by molar-refractivity contribution is 6.13. The van der Waals surface area contributed by atoms with Gasteiger partial charge in [0.2, 0.25) is 0 Å². The Kier molecular flexibility index (Phi) is 10.2. The second kappa shape index (κ2) is 14.7. The minimum Gasteiger partial charge on any atom is -0.465 e. The van der Waals surface area contributed by atoms with E-state index >= 15 is 0 Å². The highest BCUT2D eigenvalue weighted by Crippen LogP contribution is 2.28. The number of amides is 3. The third-order valence-corrected chi connectivity index (χ3v) is 8.08. The molecule has 8 nitrogen and oxygen atoms in total. The van der Waals surface area contributed by atoms with E-state index in [0.29, 0.717) is 24.4 Å². The molecule has 0 spiro atoms. The number of imidazole rings is 1. The van der Waals surface area contributed by atoms with Gasteiger partial charge in [-0.25, -0.2) is 14.6 Å². The molecule has 0 aliphatic carbocycles. The van der Waals surface area contributed by atoms with E-state index in [1.54, 1.807) is 29.3 Å². The van der Waals surface area contributed by atoms with Gasteiger partial charge in [-0.2, -0.15) is 0 Å². The van der Waals surface area contributed by atoms with Crippen molar-refractivity contribution < 1.29 is 19.1 Å². The molecule has 3 amide bonds. The molecule has 0 N–H and O–H groups in total. The molecular formula is C37H40N4O4. The van der Waals surface area contributed by atoms with E-state index in [1.807, 2.05) is 61.5 Å². The van der Waals surface area contributed by atoms with Crippen molar-refractivity contribution in [2.45, 2.75) is 59.0 Å². The zero-order valence-electron chi connectivity index (χ0n) is 26.2. The number of aromatic nitrogens is 2. The summed E-state index contributed by atoms with van der Waals surface area (Å²) in [6, 6.07) is 25.2. The molecule has 1 fully saturated rings. The van der Waals surface area contributed by atoms with E-state index in [2.05, 4.69) is 23.6 Å². The molecule has 45 heavy (non-hydrogen) atoms. The summed E-state index contributed by atoms with van der Waals surface area (Å²) < 4.78 is 6.93. The summed E-state index contributed by atoms with van der Waals surface area (Å²) >= 11 is 0. The molecule has 0 radical (unpaired) electrons. The molecule has 4 aromatic rings. The Bertz CT molecular complexity index is 1660. The lowest BCUT2D eigenvalue weighted by Gasteiger charge is -2.18. The largest absolute Gasteiger partial charge is 0.465 e. The predicted octanol–water partition coefficient (Wildman–Crippen LogP) is 7.33. The van der Waals surface area contributed by atoms with E-state index in [9.17, 15) is 14.4 Å². The average Bonchev–Trinajstić information content (AvgIpc) is 3.55. The molecular weight excluding hydrogens is 564 g/mol. The minimum absolute atomic E-state index is 0.278. The number of aryl methyl sites for hydroxylation is 1. The van der Waals surface area contributed by atoms with Gasteiger partial charge in [-0.1, -0.05) is 93.4 Å². The maximum absolute atomic E-state index is 13.8. The number of methoxy groups -OCH3 is 1. The number of rotatable bonds is 13. The molecule has 1 aliphatic rings. The second-order valence-corrected chi connectivity index (χ2v) is 11.2. The summed E-state index contributed by atoms with van der Waals surface area (Å²) in [5, 5.41) is 0. The summed E-state index contributed by atoms with van der Waals surface area (Å²) in [5.41, 5.74) is 5.69. The molecule has 0 saturated carbocycles. The topological polar surface area (TPSA) is 84.7 Å². The first-order valence-electron chi connectivity index (χ1n) is 15.6. The third kappa shape index (κ3) is 7.23. The molecule has 232 valence electrons. The fourth-order valence-electron chi connectivity index (χ4n) is 5.46. The predicted molar refractivity (Wildman–Crippen MR) is 175 cm³/mol. The van der Waals surface area contributed by atoms with Gasteiger partial charge in [0.1, 0.15) is 11.5 Å². The number of imide groups is 1. The maximum atomic E-state index is 13.8. The number of ether oxygens (including phenoxy) is 1. The van der Waals surface area contributed by atoms with Crippen LogP contribution in [0.2, 0.25) is 0 Å². The standard InChI is InChI=1S/C37H40N4O4/c1-4-6-13-34-38-24-32(40(34)25-27-16-20-31(21-17-27)36(43)45-3)23-33-35(42)39(22-7-5-2)37(44)41(33)26-28-14-18-30(19-15-28)29-11-9-8-10-12-29/h8-12,14-21,23-24H,4-7,13,22,25-26H2,1-3H3. The van der Waals surface area contributed by atoms with Crippen LogP contribution in [0.15, 0.2) is 90.8 Å². The van der Waals surface area contributed by atoms with Crippen LogP contribution in [0.4, 0.5) is 4.79 Å². The number of benzene rings is 3. The SMILES string of the molecule is CCCCc1ncc(C=C2C(=O)N(CCCC)C(=O)N2Cc2ccc(-c3ccccc3)cc2)n1Cc1ccc(C(=O)OC)cc1.